The first-order chi connectivity index (χ1) is 7.42. The van der Waals surface area contributed by atoms with Crippen LogP contribution in [-0.2, 0) is 6.42 Å². The fourth-order valence-electron chi connectivity index (χ4n) is 1.29. The van der Waals surface area contributed by atoms with E-state index in [0.29, 0.717) is 5.92 Å². The third-order valence-electron chi connectivity index (χ3n) is 2.51. The van der Waals surface area contributed by atoms with E-state index in [2.05, 4.69) is 50.1 Å². The molecule has 92 valence electrons. The van der Waals surface area contributed by atoms with Gasteiger partial charge in [0.2, 0.25) is 11.8 Å². The number of nitrogens with zero attached hydrogens (tertiary/aromatic N) is 2. The Morgan fingerprint density at radius 1 is 1.31 bits per heavy atom. The van der Waals surface area contributed by atoms with E-state index in [-0.39, 0.29) is 5.54 Å². The van der Waals surface area contributed by atoms with Gasteiger partial charge in [-0.1, -0.05) is 13.8 Å². The highest BCUT2D eigenvalue weighted by atomic mass is 16.4. The van der Waals surface area contributed by atoms with Crippen LogP contribution in [0.2, 0.25) is 0 Å². The molecule has 0 saturated carbocycles. The molecule has 16 heavy (non-hydrogen) atoms. The number of hydrogen-bond donors (Lipinski definition) is 1. The second kappa shape index (κ2) is 5.43. The van der Waals surface area contributed by atoms with Crippen molar-refractivity contribution in [3.63, 3.8) is 0 Å². The summed E-state index contributed by atoms with van der Waals surface area (Å²) < 4.78 is 5.59. The molecule has 1 heterocycles. The number of rotatable bonds is 5. The zero-order valence-corrected chi connectivity index (χ0v) is 11.0. The number of hydrogen-bond acceptors (Lipinski definition) is 4. The van der Waals surface area contributed by atoms with Crippen molar-refractivity contribution in [1.82, 2.24) is 15.5 Å². The molecule has 0 saturated heterocycles. The molecule has 1 aromatic heterocycles. The van der Waals surface area contributed by atoms with Crippen molar-refractivity contribution in [2.24, 2.45) is 0 Å². The summed E-state index contributed by atoms with van der Waals surface area (Å²) in [6, 6.07) is 0. The molecule has 0 radical (unpaired) electrons. The second-order valence-corrected chi connectivity index (χ2v) is 5.27. The molecule has 0 fully saturated rings. The van der Waals surface area contributed by atoms with Gasteiger partial charge in [0.25, 0.3) is 0 Å². The van der Waals surface area contributed by atoms with E-state index in [1.165, 1.54) is 0 Å². The summed E-state index contributed by atoms with van der Waals surface area (Å²) in [5.41, 5.74) is 0.138. The molecule has 0 aliphatic heterocycles. The number of nitrogens with one attached hydrogen (secondary N) is 1. The zero-order valence-electron chi connectivity index (χ0n) is 11.0. The standard InChI is InChI=1S/C12H23N3O/c1-6-9(2)11-15-14-10(16-11)7-8-13-12(3,4)5/h9,13H,6-8H2,1-5H3. The monoisotopic (exact) mass is 225 g/mol. The minimum atomic E-state index is 0.138. The van der Waals surface area contributed by atoms with Crippen LogP contribution in [0.25, 0.3) is 0 Å². The summed E-state index contributed by atoms with van der Waals surface area (Å²) in [5.74, 6) is 1.84. The normalized spacial score (nSPS) is 14.1. The molecule has 1 N–H and O–H groups in total. The van der Waals surface area contributed by atoms with Crippen LogP contribution in [0.5, 0.6) is 0 Å². The van der Waals surface area contributed by atoms with E-state index in [9.17, 15) is 0 Å². The van der Waals surface area contributed by atoms with E-state index in [1.54, 1.807) is 0 Å². The molecular weight excluding hydrogens is 202 g/mol. The lowest BCUT2D eigenvalue weighted by molar-refractivity contribution is 0.391. The summed E-state index contributed by atoms with van der Waals surface area (Å²) in [5, 5.41) is 11.5. The minimum Gasteiger partial charge on any atom is -0.425 e. The lowest BCUT2D eigenvalue weighted by atomic mass is 10.1. The Kier molecular flexibility index (Phi) is 4.47. The van der Waals surface area contributed by atoms with Gasteiger partial charge in [0.15, 0.2) is 0 Å². The zero-order chi connectivity index (χ0) is 12.2. The third kappa shape index (κ3) is 4.31. The third-order valence-corrected chi connectivity index (χ3v) is 2.51. The fourth-order valence-corrected chi connectivity index (χ4v) is 1.29. The van der Waals surface area contributed by atoms with Gasteiger partial charge in [-0.05, 0) is 27.2 Å². The first-order valence-electron chi connectivity index (χ1n) is 5.99. The minimum absolute atomic E-state index is 0.138. The second-order valence-electron chi connectivity index (χ2n) is 5.27. The van der Waals surface area contributed by atoms with Crippen LogP contribution in [-0.4, -0.2) is 22.3 Å². The number of aromatic nitrogens is 2. The molecule has 0 aromatic carbocycles. The van der Waals surface area contributed by atoms with E-state index in [0.717, 1.165) is 31.2 Å². The first kappa shape index (κ1) is 13.2. The predicted molar refractivity (Wildman–Crippen MR) is 64.5 cm³/mol. The van der Waals surface area contributed by atoms with E-state index >= 15 is 0 Å². The van der Waals surface area contributed by atoms with Gasteiger partial charge in [-0.2, -0.15) is 0 Å². The maximum absolute atomic E-state index is 5.59. The van der Waals surface area contributed by atoms with Crippen molar-refractivity contribution in [2.75, 3.05) is 6.54 Å². The first-order valence-corrected chi connectivity index (χ1v) is 5.99. The maximum Gasteiger partial charge on any atom is 0.219 e. The highest BCUT2D eigenvalue weighted by Crippen LogP contribution is 2.16. The average Bonchev–Trinajstić information content (AvgIpc) is 2.63. The topological polar surface area (TPSA) is 51.0 Å². The van der Waals surface area contributed by atoms with Gasteiger partial charge in [-0.25, -0.2) is 0 Å². The van der Waals surface area contributed by atoms with E-state index in [1.807, 2.05) is 0 Å². The highest BCUT2D eigenvalue weighted by Gasteiger charge is 2.13. The quantitative estimate of drug-likeness (QED) is 0.836. The molecule has 0 aliphatic rings. The SMILES string of the molecule is CCC(C)c1nnc(CCNC(C)(C)C)o1. The molecule has 1 rings (SSSR count). The van der Waals surface area contributed by atoms with Gasteiger partial charge in [0, 0.05) is 24.4 Å². The van der Waals surface area contributed by atoms with Crippen molar-refractivity contribution < 1.29 is 4.42 Å². The van der Waals surface area contributed by atoms with Crippen LogP contribution in [0.15, 0.2) is 4.42 Å². The summed E-state index contributed by atoms with van der Waals surface area (Å²) >= 11 is 0. The molecular formula is C12H23N3O. The van der Waals surface area contributed by atoms with Crippen LogP contribution < -0.4 is 5.32 Å². The molecule has 1 unspecified atom stereocenters. The molecule has 4 heteroatoms. The molecule has 0 aliphatic carbocycles. The summed E-state index contributed by atoms with van der Waals surface area (Å²) in [7, 11) is 0. The highest BCUT2D eigenvalue weighted by molar-refractivity contribution is 4.89. The molecule has 0 spiro atoms. The molecule has 0 amide bonds. The summed E-state index contributed by atoms with van der Waals surface area (Å²) in [6.07, 6.45) is 1.82. The van der Waals surface area contributed by atoms with Crippen LogP contribution in [0.1, 0.15) is 58.7 Å². The van der Waals surface area contributed by atoms with Gasteiger partial charge in [-0.15, -0.1) is 10.2 Å². The van der Waals surface area contributed by atoms with Crippen molar-refractivity contribution >= 4 is 0 Å². The molecule has 1 aromatic rings. The van der Waals surface area contributed by atoms with Crippen LogP contribution in [0, 0.1) is 0 Å². The van der Waals surface area contributed by atoms with Crippen LogP contribution >= 0.6 is 0 Å². The van der Waals surface area contributed by atoms with E-state index in [4.69, 9.17) is 4.42 Å². The molecule has 0 bridgehead atoms. The lowest BCUT2D eigenvalue weighted by Gasteiger charge is -2.19. The van der Waals surface area contributed by atoms with Gasteiger partial charge in [0.05, 0.1) is 0 Å². The van der Waals surface area contributed by atoms with Crippen molar-refractivity contribution in [3.8, 4) is 0 Å². The van der Waals surface area contributed by atoms with E-state index < -0.39 is 0 Å². The van der Waals surface area contributed by atoms with Crippen molar-refractivity contribution in [3.05, 3.63) is 11.8 Å². The summed E-state index contributed by atoms with van der Waals surface area (Å²) in [4.78, 5) is 0. The Morgan fingerprint density at radius 2 is 2.00 bits per heavy atom. The molecule has 1 atom stereocenters. The average molecular weight is 225 g/mol. The Hall–Kier alpha value is -0.900. The maximum atomic E-state index is 5.59. The largest absolute Gasteiger partial charge is 0.425 e. The lowest BCUT2D eigenvalue weighted by Crippen LogP contribution is -2.37. The Morgan fingerprint density at radius 3 is 2.56 bits per heavy atom. The van der Waals surface area contributed by atoms with Crippen molar-refractivity contribution in [2.45, 2.75) is 58.9 Å². The fraction of sp³-hybridized carbons (Fsp3) is 0.833. The van der Waals surface area contributed by atoms with Gasteiger partial charge in [-0.3, -0.25) is 0 Å². The predicted octanol–water partition coefficient (Wildman–Crippen LogP) is 2.51. The van der Waals surface area contributed by atoms with Gasteiger partial charge < -0.3 is 9.73 Å². The van der Waals surface area contributed by atoms with Gasteiger partial charge >= 0.3 is 0 Å². The van der Waals surface area contributed by atoms with Gasteiger partial charge in [0.1, 0.15) is 0 Å². The Bertz CT molecular complexity index is 314. The van der Waals surface area contributed by atoms with Crippen LogP contribution in [0.4, 0.5) is 0 Å². The Labute approximate surface area is 97.8 Å². The molecule has 4 nitrogen and oxygen atoms in total. The van der Waals surface area contributed by atoms with Crippen molar-refractivity contribution in [1.29, 1.82) is 0 Å². The van der Waals surface area contributed by atoms with Crippen LogP contribution in [0.3, 0.4) is 0 Å². The Balaban J connectivity index is 2.41. The summed E-state index contributed by atoms with van der Waals surface area (Å²) in [6.45, 7) is 11.5. The smallest absolute Gasteiger partial charge is 0.219 e.